The molecule has 0 saturated carbocycles. The number of rotatable bonds is 3. The molecule has 0 aromatic carbocycles. The minimum Gasteiger partial charge on any atom is -0.299 e. The summed E-state index contributed by atoms with van der Waals surface area (Å²) in [6, 6.07) is 5.58. The van der Waals surface area contributed by atoms with Crippen LogP contribution in [0.4, 0.5) is 5.13 Å². The van der Waals surface area contributed by atoms with Crippen LogP contribution in [0.15, 0.2) is 30.5 Å². The van der Waals surface area contributed by atoms with E-state index in [4.69, 9.17) is 11.6 Å². The quantitative estimate of drug-likeness (QED) is 0.753. The zero-order valence-electron chi connectivity index (χ0n) is 10.9. The zero-order valence-corrected chi connectivity index (χ0v) is 12.5. The normalized spacial score (nSPS) is 11.3. The van der Waals surface area contributed by atoms with E-state index in [1.807, 2.05) is 31.3 Å². The molecular weight excluding hydrogens is 310 g/mol. The predicted octanol–water partition coefficient (Wildman–Crippen LogP) is 2.80. The van der Waals surface area contributed by atoms with Gasteiger partial charge in [-0.05, 0) is 25.1 Å². The molecule has 0 spiro atoms. The molecule has 3 rings (SSSR count). The van der Waals surface area contributed by atoms with Gasteiger partial charge in [0.25, 0.3) is 0 Å². The highest BCUT2D eigenvalue weighted by atomic mass is 35.5. The number of nitrogens with one attached hydrogen (secondary N) is 1. The summed E-state index contributed by atoms with van der Waals surface area (Å²) in [4.78, 5) is 16.0. The van der Waals surface area contributed by atoms with Crippen LogP contribution in [0.3, 0.4) is 0 Å². The van der Waals surface area contributed by atoms with E-state index in [0.29, 0.717) is 16.0 Å². The van der Waals surface area contributed by atoms with Crippen LogP contribution in [0.2, 0.25) is 5.15 Å². The van der Waals surface area contributed by atoms with Gasteiger partial charge < -0.3 is 0 Å². The molecule has 0 bridgehead atoms. The monoisotopic (exact) mass is 319 g/mol. The second-order valence-corrected chi connectivity index (χ2v) is 5.71. The standard InChI is InChI=1S/C13H10ClN5OS/c1-8-17-18-13(21-8)16-11(20)6-5-9-12(14)15-10-4-2-3-7-19(9)10/h2-7H,1H3,(H,16,18,20)/b6-5+. The van der Waals surface area contributed by atoms with Gasteiger partial charge in [-0.25, -0.2) is 4.98 Å². The van der Waals surface area contributed by atoms with Gasteiger partial charge >= 0.3 is 0 Å². The third-order valence-electron chi connectivity index (χ3n) is 2.67. The second-order valence-electron chi connectivity index (χ2n) is 4.17. The molecule has 106 valence electrons. The summed E-state index contributed by atoms with van der Waals surface area (Å²) in [6.45, 7) is 1.82. The van der Waals surface area contributed by atoms with Crippen molar-refractivity contribution in [1.82, 2.24) is 19.6 Å². The molecule has 0 fully saturated rings. The van der Waals surface area contributed by atoms with Crippen LogP contribution in [0, 0.1) is 6.92 Å². The van der Waals surface area contributed by atoms with Crippen molar-refractivity contribution in [1.29, 1.82) is 0 Å². The molecule has 3 aromatic heterocycles. The van der Waals surface area contributed by atoms with Crippen molar-refractivity contribution < 1.29 is 4.79 Å². The highest BCUT2D eigenvalue weighted by Crippen LogP contribution is 2.19. The number of aromatic nitrogens is 4. The van der Waals surface area contributed by atoms with Gasteiger partial charge in [0.05, 0.1) is 5.69 Å². The van der Waals surface area contributed by atoms with Crippen LogP contribution in [-0.4, -0.2) is 25.5 Å². The lowest BCUT2D eigenvalue weighted by Crippen LogP contribution is -2.07. The first-order valence-corrected chi connectivity index (χ1v) is 7.25. The average molecular weight is 320 g/mol. The van der Waals surface area contributed by atoms with Crippen LogP contribution in [0.25, 0.3) is 11.7 Å². The summed E-state index contributed by atoms with van der Waals surface area (Å²) in [5, 5.41) is 11.9. The average Bonchev–Trinajstić information content (AvgIpc) is 2.99. The number of imidazole rings is 1. The van der Waals surface area contributed by atoms with Crippen molar-refractivity contribution >= 4 is 45.7 Å². The molecule has 0 aliphatic rings. The SMILES string of the molecule is Cc1nnc(NC(=O)/C=C/c2c(Cl)nc3ccccn23)s1. The smallest absolute Gasteiger partial charge is 0.250 e. The number of carbonyl (C=O) groups is 1. The molecule has 0 aliphatic heterocycles. The highest BCUT2D eigenvalue weighted by Gasteiger charge is 2.08. The van der Waals surface area contributed by atoms with Crippen LogP contribution in [0.5, 0.6) is 0 Å². The fourth-order valence-corrected chi connectivity index (χ4v) is 2.62. The Morgan fingerprint density at radius 3 is 3.05 bits per heavy atom. The fourth-order valence-electron chi connectivity index (χ4n) is 1.78. The number of hydrogen-bond donors (Lipinski definition) is 1. The highest BCUT2D eigenvalue weighted by molar-refractivity contribution is 7.15. The first-order chi connectivity index (χ1) is 10.1. The molecule has 1 amide bonds. The zero-order chi connectivity index (χ0) is 14.8. The molecule has 3 aromatic rings. The molecule has 8 heteroatoms. The molecule has 0 unspecified atom stereocenters. The molecule has 0 aliphatic carbocycles. The molecule has 21 heavy (non-hydrogen) atoms. The Balaban J connectivity index is 1.81. The van der Waals surface area contributed by atoms with E-state index in [-0.39, 0.29) is 5.91 Å². The van der Waals surface area contributed by atoms with Gasteiger partial charge in [0.1, 0.15) is 10.7 Å². The van der Waals surface area contributed by atoms with Crippen LogP contribution in [0.1, 0.15) is 10.7 Å². The summed E-state index contributed by atoms with van der Waals surface area (Å²) in [5.74, 6) is -0.298. The summed E-state index contributed by atoms with van der Waals surface area (Å²) in [6.07, 6.45) is 4.84. The first kappa shape index (κ1) is 13.7. The summed E-state index contributed by atoms with van der Waals surface area (Å²) in [7, 11) is 0. The van der Waals surface area contributed by atoms with Crippen molar-refractivity contribution in [3.05, 3.63) is 46.3 Å². The summed E-state index contributed by atoms with van der Waals surface area (Å²) >= 11 is 7.39. The third-order valence-corrected chi connectivity index (χ3v) is 3.70. The molecule has 6 nitrogen and oxygen atoms in total. The Hall–Kier alpha value is -2.25. The van der Waals surface area contributed by atoms with Crippen molar-refractivity contribution in [2.45, 2.75) is 6.92 Å². The minimum absolute atomic E-state index is 0.298. The molecule has 3 heterocycles. The fraction of sp³-hybridized carbons (Fsp3) is 0.0769. The minimum atomic E-state index is -0.298. The van der Waals surface area contributed by atoms with Crippen molar-refractivity contribution in [2.75, 3.05) is 5.32 Å². The van der Waals surface area contributed by atoms with Crippen LogP contribution in [-0.2, 0) is 4.79 Å². The van der Waals surface area contributed by atoms with Gasteiger partial charge in [0.15, 0.2) is 5.15 Å². The lowest BCUT2D eigenvalue weighted by Gasteiger charge is -1.96. The largest absolute Gasteiger partial charge is 0.299 e. The molecule has 0 atom stereocenters. The Morgan fingerprint density at radius 2 is 2.29 bits per heavy atom. The number of halogens is 1. The lowest BCUT2D eigenvalue weighted by atomic mass is 10.4. The number of pyridine rings is 1. The van der Waals surface area contributed by atoms with Gasteiger partial charge in [0.2, 0.25) is 11.0 Å². The number of anilines is 1. The van der Waals surface area contributed by atoms with Crippen molar-refractivity contribution in [3.63, 3.8) is 0 Å². The van der Waals surface area contributed by atoms with E-state index >= 15 is 0 Å². The van der Waals surface area contributed by atoms with E-state index < -0.39 is 0 Å². The number of fused-ring (bicyclic) bond motifs is 1. The summed E-state index contributed by atoms with van der Waals surface area (Å²) < 4.78 is 1.81. The Morgan fingerprint density at radius 1 is 1.43 bits per heavy atom. The lowest BCUT2D eigenvalue weighted by molar-refractivity contribution is -0.111. The Bertz CT molecular complexity index is 838. The van der Waals surface area contributed by atoms with Gasteiger partial charge in [-0.3, -0.25) is 14.5 Å². The number of amides is 1. The number of nitrogens with zero attached hydrogens (tertiary/aromatic N) is 4. The maximum atomic E-state index is 11.8. The van der Waals surface area contributed by atoms with Crippen molar-refractivity contribution in [3.8, 4) is 0 Å². The van der Waals surface area contributed by atoms with Gasteiger partial charge in [-0.1, -0.05) is 29.0 Å². The first-order valence-electron chi connectivity index (χ1n) is 6.05. The second kappa shape index (κ2) is 5.63. The topological polar surface area (TPSA) is 72.2 Å². The maximum Gasteiger partial charge on any atom is 0.250 e. The van der Waals surface area contributed by atoms with E-state index in [0.717, 1.165) is 10.7 Å². The number of hydrogen-bond acceptors (Lipinski definition) is 5. The van der Waals surface area contributed by atoms with Gasteiger partial charge in [-0.2, -0.15) is 0 Å². The van der Waals surface area contributed by atoms with Gasteiger partial charge in [-0.15, -0.1) is 10.2 Å². The molecule has 0 saturated heterocycles. The molecule has 1 N–H and O–H groups in total. The molecule has 0 radical (unpaired) electrons. The van der Waals surface area contributed by atoms with Gasteiger partial charge in [0, 0.05) is 12.3 Å². The molecular formula is C13H10ClN5OS. The van der Waals surface area contributed by atoms with E-state index in [1.165, 1.54) is 17.4 Å². The third kappa shape index (κ3) is 2.93. The Labute approximate surface area is 129 Å². The van der Waals surface area contributed by atoms with Crippen LogP contribution >= 0.6 is 22.9 Å². The van der Waals surface area contributed by atoms with E-state index in [2.05, 4.69) is 20.5 Å². The summed E-state index contributed by atoms with van der Waals surface area (Å²) in [5.41, 5.74) is 1.37. The Kier molecular flexibility index (Phi) is 3.68. The van der Waals surface area contributed by atoms with Crippen LogP contribution < -0.4 is 5.32 Å². The van der Waals surface area contributed by atoms with E-state index in [9.17, 15) is 4.79 Å². The maximum absolute atomic E-state index is 11.8. The number of aryl methyl sites for hydroxylation is 1. The number of carbonyl (C=O) groups excluding carboxylic acids is 1. The predicted molar refractivity (Wildman–Crippen MR) is 82.5 cm³/mol. The van der Waals surface area contributed by atoms with Crippen molar-refractivity contribution in [2.24, 2.45) is 0 Å². The van der Waals surface area contributed by atoms with E-state index in [1.54, 1.807) is 10.5 Å².